The second-order valence-electron chi connectivity index (χ2n) is 2.76. The van der Waals surface area contributed by atoms with Crippen LogP contribution in [-0.2, 0) is 0 Å². The standard InChI is InChI=1S/C5H11BF3N2.K/c7-6(8,9)5-11-3-1-10-2-4-11;/h10H,1-5H2;/q-1;+1. The van der Waals surface area contributed by atoms with Crippen molar-refractivity contribution in [3.8, 4) is 0 Å². The van der Waals surface area contributed by atoms with Crippen LogP contribution < -0.4 is 56.7 Å². The van der Waals surface area contributed by atoms with Crippen molar-refractivity contribution in [1.29, 1.82) is 0 Å². The molecule has 12 heavy (non-hydrogen) atoms. The molecule has 1 heterocycles. The van der Waals surface area contributed by atoms with E-state index in [4.69, 9.17) is 0 Å². The van der Waals surface area contributed by atoms with E-state index >= 15 is 0 Å². The maximum Gasteiger partial charge on any atom is 1.00 e. The molecule has 1 aliphatic rings. The van der Waals surface area contributed by atoms with Crippen LogP contribution >= 0.6 is 0 Å². The molecule has 0 spiro atoms. The number of halogens is 3. The van der Waals surface area contributed by atoms with Crippen molar-refractivity contribution in [2.75, 3.05) is 32.6 Å². The largest absolute Gasteiger partial charge is 1.00 e. The predicted octanol–water partition coefficient (Wildman–Crippen LogP) is -2.72. The Bertz CT molecular complexity index is 126. The molecule has 0 amide bonds. The van der Waals surface area contributed by atoms with Gasteiger partial charge >= 0.3 is 58.4 Å². The molecule has 0 aromatic heterocycles. The van der Waals surface area contributed by atoms with Gasteiger partial charge in [-0.25, -0.2) is 0 Å². The van der Waals surface area contributed by atoms with Crippen LogP contribution in [0.15, 0.2) is 0 Å². The fourth-order valence-corrected chi connectivity index (χ4v) is 1.19. The molecule has 66 valence electrons. The number of nitrogens with one attached hydrogen (secondary N) is 1. The van der Waals surface area contributed by atoms with E-state index in [9.17, 15) is 12.9 Å². The summed E-state index contributed by atoms with van der Waals surface area (Å²) in [6.45, 7) is -2.25. The first-order chi connectivity index (χ1) is 5.08. The van der Waals surface area contributed by atoms with E-state index in [1.807, 2.05) is 0 Å². The molecule has 0 bridgehead atoms. The molecule has 0 aromatic carbocycles. The van der Waals surface area contributed by atoms with Crippen LogP contribution in [0.3, 0.4) is 0 Å². The van der Waals surface area contributed by atoms with Gasteiger partial charge in [-0.3, -0.25) is 0 Å². The van der Waals surface area contributed by atoms with Gasteiger partial charge in [0.05, 0.1) is 0 Å². The molecule has 0 atom stereocenters. The Kier molecular flexibility index (Phi) is 6.71. The first-order valence-electron chi connectivity index (χ1n) is 3.72. The van der Waals surface area contributed by atoms with Crippen LogP contribution in [0, 0.1) is 0 Å². The van der Waals surface area contributed by atoms with Gasteiger partial charge in [0.1, 0.15) is 0 Å². The summed E-state index contributed by atoms with van der Waals surface area (Å²) in [5.74, 6) is 0. The number of piperazine rings is 1. The molecule has 7 heteroatoms. The third-order valence-electron chi connectivity index (χ3n) is 1.67. The minimum atomic E-state index is -4.63. The molecule has 0 aliphatic carbocycles. The van der Waals surface area contributed by atoms with E-state index in [-0.39, 0.29) is 51.4 Å². The van der Waals surface area contributed by atoms with Gasteiger partial charge < -0.3 is 23.2 Å². The molecule has 1 rings (SSSR count). The van der Waals surface area contributed by atoms with Gasteiger partial charge in [0.15, 0.2) is 0 Å². The summed E-state index contributed by atoms with van der Waals surface area (Å²) < 4.78 is 35.5. The number of rotatable bonds is 2. The summed E-state index contributed by atoms with van der Waals surface area (Å²) in [5.41, 5.74) is 0. The van der Waals surface area contributed by atoms with Crippen LogP contribution in [0.1, 0.15) is 0 Å². The fourth-order valence-electron chi connectivity index (χ4n) is 1.19. The van der Waals surface area contributed by atoms with Crippen molar-refractivity contribution in [1.82, 2.24) is 10.2 Å². The maximum absolute atomic E-state index is 11.8. The summed E-state index contributed by atoms with van der Waals surface area (Å²) in [4.78, 5) is 1.44. The van der Waals surface area contributed by atoms with Crippen molar-refractivity contribution in [2.24, 2.45) is 0 Å². The number of hydrogen-bond acceptors (Lipinski definition) is 2. The van der Waals surface area contributed by atoms with Crippen LogP contribution in [0.5, 0.6) is 0 Å². The average Bonchev–Trinajstić information content (AvgIpc) is 1.85. The maximum atomic E-state index is 11.8. The monoisotopic (exact) mass is 206 g/mol. The van der Waals surface area contributed by atoms with E-state index < -0.39 is 13.4 Å². The molecule has 2 nitrogen and oxygen atoms in total. The van der Waals surface area contributed by atoms with Gasteiger partial charge in [0.25, 0.3) is 0 Å². The molecule has 1 N–H and O–H groups in total. The SMILES string of the molecule is F[B-](F)(F)CN1CCNCC1.[K+]. The van der Waals surface area contributed by atoms with E-state index in [1.165, 1.54) is 4.90 Å². The Morgan fingerprint density at radius 3 is 2.08 bits per heavy atom. The van der Waals surface area contributed by atoms with Gasteiger partial charge in [-0.15, -0.1) is 0 Å². The molecule has 0 saturated carbocycles. The fraction of sp³-hybridized carbons (Fsp3) is 1.00. The number of nitrogens with zero attached hydrogens (tertiary/aromatic N) is 1. The van der Waals surface area contributed by atoms with Crippen LogP contribution in [-0.4, -0.2) is 44.5 Å². The number of hydrogen-bond donors (Lipinski definition) is 1. The molecule has 1 fully saturated rings. The summed E-state index contributed by atoms with van der Waals surface area (Å²) in [6, 6.07) is 0. The van der Waals surface area contributed by atoms with Gasteiger partial charge in [-0.2, -0.15) is 0 Å². The topological polar surface area (TPSA) is 15.3 Å². The second-order valence-corrected chi connectivity index (χ2v) is 2.76. The third-order valence-corrected chi connectivity index (χ3v) is 1.67. The first-order valence-corrected chi connectivity index (χ1v) is 3.72. The Morgan fingerprint density at radius 2 is 1.67 bits per heavy atom. The Labute approximate surface area is 113 Å². The summed E-state index contributed by atoms with van der Waals surface area (Å²) in [7, 11) is 0. The summed E-state index contributed by atoms with van der Waals surface area (Å²) in [6.07, 6.45) is -0.707. The van der Waals surface area contributed by atoms with Crippen molar-refractivity contribution in [3.63, 3.8) is 0 Å². The molecule has 0 aromatic rings. The molecule has 0 radical (unpaired) electrons. The minimum Gasteiger partial charge on any atom is -0.448 e. The van der Waals surface area contributed by atoms with Gasteiger partial charge in [0, 0.05) is 26.2 Å². The smallest absolute Gasteiger partial charge is 0.448 e. The van der Waals surface area contributed by atoms with Crippen molar-refractivity contribution in [3.05, 3.63) is 0 Å². The van der Waals surface area contributed by atoms with Gasteiger partial charge in [0.2, 0.25) is 0 Å². The third kappa shape index (κ3) is 5.96. The van der Waals surface area contributed by atoms with Crippen molar-refractivity contribution in [2.45, 2.75) is 0 Å². The van der Waals surface area contributed by atoms with E-state index in [2.05, 4.69) is 5.32 Å². The van der Waals surface area contributed by atoms with Crippen LogP contribution in [0.25, 0.3) is 0 Å². The second kappa shape index (κ2) is 6.00. The van der Waals surface area contributed by atoms with E-state index in [0.29, 0.717) is 26.2 Å². The zero-order chi connectivity index (χ0) is 8.32. The molecule has 1 aliphatic heterocycles. The van der Waals surface area contributed by atoms with Crippen LogP contribution in [0.4, 0.5) is 12.9 Å². The Morgan fingerprint density at radius 1 is 1.17 bits per heavy atom. The molecule has 1 saturated heterocycles. The molecular formula is C5H11BF3KN2. The van der Waals surface area contributed by atoms with E-state index in [0.717, 1.165) is 0 Å². The summed E-state index contributed by atoms with van der Waals surface area (Å²) in [5, 5.41) is 3.00. The van der Waals surface area contributed by atoms with Crippen LogP contribution in [0.2, 0.25) is 0 Å². The van der Waals surface area contributed by atoms with Crippen molar-refractivity contribution >= 4 is 6.98 Å². The minimum absolute atomic E-state index is 0. The van der Waals surface area contributed by atoms with Crippen molar-refractivity contribution < 1.29 is 64.3 Å². The van der Waals surface area contributed by atoms with E-state index in [1.54, 1.807) is 0 Å². The normalized spacial score (nSPS) is 20.2. The average molecular weight is 206 g/mol. The van der Waals surface area contributed by atoms with Gasteiger partial charge in [-0.05, 0) is 6.44 Å². The predicted molar refractivity (Wildman–Crippen MR) is 38.4 cm³/mol. The Balaban J connectivity index is 0.00000121. The zero-order valence-electron chi connectivity index (χ0n) is 7.19. The quantitative estimate of drug-likeness (QED) is 0.494. The van der Waals surface area contributed by atoms with Gasteiger partial charge in [-0.1, -0.05) is 0 Å². The molecular weight excluding hydrogens is 195 g/mol. The zero-order valence-corrected chi connectivity index (χ0v) is 10.3. The Hall–Kier alpha value is 1.41. The first kappa shape index (κ1) is 13.4. The summed E-state index contributed by atoms with van der Waals surface area (Å²) >= 11 is 0. The molecule has 0 unspecified atom stereocenters.